The van der Waals surface area contributed by atoms with Crippen LogP contribution in [0, 0.1) is 17.5 Å². The van der Waals surface area contributed by atoms with E-state index in [0.717, 1.165) is 0 Å². The highest BCUT2D eigenvalue weighted by molar-refractivity contribution is 9.10. The highest BCUT2D eigenvalue weighted by Crippen LogP contribution is 2.25. The van der Waals surface area contributed by atoms with E-state index in [9.17, 15) is 13.2 Å². The van der Waals surface area contributed by atoms with Crippen molar-refractivity contribution >= 4 is 15.9 Å². The molecule has 0 heterocycles. The summed E-state index contributed by atoms with van der Waals surface area (Å²) in [7, 11) is 0. The number of halogens is 4. The number of hydrogen-bond acceptors (Lipinski definition) is 1. The first-order valence-electron chi connectivity index (χ1n) is 4.01. The lowest BCUT2D eigenvalue weighted by atomic mass is 10.1. The molecule has 0 bridgehead atoms. The molecule has 0 spiro atoms. The maximum atomic E-state index is 13.3. The van der Waals surface area contributed by atoms with E-state index in [2.05, 4.69) is 15.9 Å². The third-order valence-electron chi connectivity index (χ3n) is 1.74. The molecule has 0 saturated carbocycles. The molecule has 14 heavy (non-hydrogen) atoms. The molecule has 1 unspecified atom stereocenters. The molecule has 5 heteroatoms. The van der Waals surface area contributed by atoms with Crippen LogP contribution in [-0.4, -0.2) is 6.04 Å². The molecular formula is C9H9BrF3N. The molecule has 0 radical (unpaired) electrons. The van der Waals surface area contributed by atoms with Crippen molar-refractivity contribution in [1.29, 1.82) is 0 Å². The van der Waals surface area contributed by atoms with Crippen LogP contribution in [-0.2, 0) is 6.42 Å². The monoisotopic (exact) mass is 267 g/mol. The molecule has 0 aliphatic rings. The number of nitrogens with two attached hydrogens (primary N) is 1. The summed E-state index contributed by atoms with van der Waals surface area (Å²) in [6.07, 6.45) is 0.0382. The van der Waals surface area contributed by atoms with Gasteiger partial charge in [0.05, 0.1) is 4.47 Å². The first kappa shape index (κ1) is 11.5. The second kappa shape index (κ2) is 4.31. The summed E-state index contributed by atoms with van der Waals surface area (Å²) in [5.41, 5.74) is 5.22. The van der Waals surface area contributed by atoms with E-state index in [0.29, 0.717) is 6.07 Å². The van der Waals surface area contributed by atoms with Gasteiger partial charge in [-0.25, -0.2) is 13.2 Å². The minimum Gasteiger partial charge on any atom is -0.328 e. The average molecular weight is 268 g/mol. The van der Waals surface area contributed by atoms with Gasteiger partial charge in [0.15, 0.2) is 0 Å². The van der Waals surface area contributed by atoms with Crippen molar-refractivity contribution in [3.05, 3.63) is 33.6 Å². The zero-order valence-electron chi connectivity index (χ0n) is 7.45. The summed E-state index contributed by atoms with van der Waals surface area (Å²) >= 11 is 2.70. The van der Waals surface area contributed by atoms with Gasteiger partial charge >= 0.3 is 0 Å². The second-order valence-corrected chi connectivity index (χ2v) is 3.92. The minimum atomic E-state index is -0.951. The molecule has 1 nitrogen and oxygen atoms in total. The summed E-state index contributed by atoms with van der Waals surface area (Å²) in [4.78, 5) is 0. The summed E-state index contributed by atoms with van der Waals surface area (Å²) in [6, 6.07) is 0.265. The zero-order chi connectivity index (χ0) is 10.9. The van der Waals surface area contributed by atoms with E-state index in [1.54, 1.807) is 6.92 Å². The Kier molecular flexibility index (Phi) is 3.55. The molecule has 0 fully saturated rings. The van der Waals surface area contributed by atoms with E-state index in [4.69, 9.17) is 5.73 Å². The van der Waals surface area contributed by atoms with Crippen molar-refractivity contribution in [3.8, 4) is 0 Å². The first-order valence-corrected chi connectivity index (χ1v) is 4.80. The van der Waals surface area contributed by atoms with Crippen LogP contribution >= 0.6 is 15.9 Å². The average Bonchev–Trinajstić information content (AvgIpc) is 2.09. The van der Waals surface area contributed by atoms with Crippen LogP contribution in [0.3, 0.4) is 0 Å². The lowest BCUT2D eigenvalue weighted by molar-refractivity contribution is 0.508. The van der Waals surface area contributed by atoms with Crippen LogP contribution in [0.25, 0.3) is 0 Å². The Morgan fingerprint density at radius 3 is 2.43 bits per heavy atom. The van der Waals surface area contributed by atoms with E-state index in [-0.39, 0.29) is 22.5 Å². The Balaban J connectivity index is 3.22. The lowest BCUT2D eigenvalue weighted by Gasteiger charge is -2.09. The maximum Gasteiger partial charge on any atom is 0.146 e. The van der Waals surface area contributed by atoms with Crippen molar-refractivity contribution in [2.75, 3.05) is 0 Å². The standard InChI is InChI=1S/C9H9BrF3N/c1-4(14)2-5-6(11)3-7(12)8(10)9(5)13/h3-4H,2,14H2,1H3. The summed E-state index contributed by atoms with van der Waals surface area (Å²) in [6.45, 7) is 1.62. The van der Waals surface area contributed by atoms with E-state index >= 15 is 0 Å². The molecule has 0 aromatic heterocycles. The molecule has 0 aliphatic carbocycles. The van der Waals surface area contributed by atoms with E-state index in [1.807, 2.05) is 0 Å². The topological polar surface area (TPSA) is 26.0 Å². The van der Waals surface area contributed by atoms with E-state index in [1.165, 1.54) is 0 Å². The van der Waals surface area contributed by atoms with Gasteiger partial charge in [-0.15, -0.1) is 0 Å². The molecule has 0 amide bonds. The Bertz CT molecular complexity index is 352. The fraction of sp³-hybridized carbons (Fsp3) is 0.333. The van der Waals surface area contributed by atoms with Crippen molar-refractivity contribution in [2.24, 2.45) is 5.73 Å². The predicted octanol–water partition coefficient (Wildman–Crippen LogP) is 2.76. The van der Waals surface area contributed by atoms with Gasteiger partial charge < -0.3 is 5.73 Å². The lowest BCUT2D eigenvalue weighted by Crippen LogP contribution is -2.19. The van der Waals surface area contributed by atoms with Gasteiger partial charge in [0.25, 0.3) is 0 Å². The molecular weight excluding hydrogens is 259 g/mol. The molecule has 1 rings (SSSR count). The predicted molar refractivity (Wildman–Crippen MR) is 51.4 cm³/mol. The van der Waals surface area contributed by atoms with Gasteiger partial charge in [0, 0.05) is 17.7 Å². The molecule has 1 atom stereocenters. The van der Waals surface area contributed by atoms with Gasteiger partial charge in [0.2, 0.25) is 0 Å². The van der Waals surface area contributed by atoms with Gasteiger partial charge in [-0.2, -0.15) is 0 Å². The van der Waals surface area contributed by atoms with Crippen LogP contribution in [0.1, 0.15) is 12.5 Å². The number of benzene rings is 1. The molecule has 78 valence electrons. The summed E-state index contributed by atoms with van der Waals surface area (Å²) in [5, 5.41) is 0. The van der Waals surface area contributed by atoms with Gasteiger partial charge in [-0.3, -0.25) is 0 Å². The number of rotatable bonds is 2. The fourth-order valence-electron chi connectivity index (χ4n) is 1.11. The highest BCUT2D eigenvalue weighted by atomic mass is 79.9. The van der Waals surface area contributed by atoms with Crippen LogP contribution in [0.5, 0.6) is 0 Å². The summed E-state index contributed by atoms with van der Waals surface area (Å²) in [5.74, 6) is -2.77. The van der Waals surface area contributed by atoms with Crippen LogP contribution in [0.15, 0.2) is 10.5 Å². The Morgan fingerprint density at radius 2 is 1.93 bits per heavy atom. The molecule has 2 N–H and O–H groups in total. The van der Waals surface area contributed by atoms with Crippen molar-refractivity contribution in [3.63, 3.8) is 0 Å². The smallest absolute Gasteiger partial charge is 0.146 e. The highest BCUT2D eigenvalue weighted by Gasteiger charge is 2.17. The van der Waals surface area contributed by atoms with Gasteiger partial charge in [-0.1, -0.05) is 0 Å². The van der Waals surface area contributed by atoms with E-state index < -0.39 is 17.5 Å². The minimum absolute atomic E-state index is 0.0382. The van der Waals surface area contributed by atoms with Gasteiger partial charge in [-0.05, 0) is 29.3 Å². The SMILES string of the molecule is CC(N)Cc1c(F)cc(F)c(Br)c1F. The second-order valence-electron chi connectivity index (χ2n) is 3.13. The van der Waals surface area contributed by atoms with Crippen LogP contribution in [0.2, 0.25) is 0 Å². The van der Waals surface area contributed by atoms with Crippen molar-refractivity contribution in [2.45, 2.75) is 19.4 Å². The van der Waals surface area contributed by atoms with Crippen LogP contribution in [0.4, 0.5) is 13.2 Å². The third-order valence-corrected chi connectivity index (χ3v) is 2.46. The van der Waals surface area contributed by atoms with Crippen molar-refractivity contribution < 1.29 is 13.2 Å². The molecule has 0 saturated heterocycles. The Morgan fingerprint density at radius 1 is 1.36 bits per heavy atom. The zero-order valence-corrected chi connectivity index (χ0v) is 9.04. The maximum absolute atomic E-state index is 13.3. The molecule has 1 aromatic carbocycles. The molecule has 1 aromatic rings. The Hall–Kier alpha value is -0.550. The summed E-state index contributed by atoms with van der Waals surface area (Å²) < 4.78 is 38.8. The Labute approximate surface area is 88.2 Å². The van der Waals surface area contributed by atoms with Crippen LogP contribution < -0.4 is 5.73 Å². The van der Waals surface area contributed by atoms with Gasteiger partial charge in [0.1, 0.15) is 17.5 Å². The third kappa shape index (κ3) is 2.27. The molecule has 0 aliphatic heterocycles. The fourth-order valence-corrected chi connectivity index (χ4v) is 1.47. The van der Waals surface area contributed by atoms with Crippen molar-refractivity contribution in [1.82, 2.24) is 0 Å². The first-order chi connectivity index (χ1) is 6.43. The normalized spacial score (nSPS) is 13.0. The quantitative estimate of drug-likeness (QED) is 0.647. The largest absolute Gasteiger partial charge is 0.328 e. The number of hydrogen-bond donors (Lipinski definition) is 1.